The Bertz CT molecular complexity index is 1300. The maximum atomic E-state index is 13.8. The van der Waals surface area contributed by atoms with E-state index in [2.05, 4.69) is 17.9 Å². The molecule has 9 heteroatoms. The molecule has 5 rings (SSSR count). The highest BCUT2D eigenvalue weighted by Crippen LogP contribution is 2.34. The summed E-state index contributed by atoms with van der Waals surface area (Å²) in [5.41, 5.74) is 2.61. The summed E-state index contributed by atoms with van der Waals surface area (Å²) in [5, 5.41) is 14.4. The minimum absolute atomic E-state index is 0.00523. The first-order valence-corrected chi connectivity index (χ1v) is 12.0. The molecule has 3 aromatic rings. The van der Waals surface area contributed by atoms with Crippen molar-refractivity contribution >= 4 is 29.0 Å². The number of anilines is 1. The smallest absolute Gasteiger partial charge is 0.256 e. The number of nitrogens with zero attached hydrogens (tertiary/aromatic N) is 6. The summed E-state index contributed by atoms with van der Waals surface area (Å²) in [6, 6.07) is 7.95. The van der Waals surface area contributed by atoms with Gasteiger partial charge in [-0.25, -0.2) is 13.9 Å². The number of hydrogen-bond donors (Lipinski definition) is 0. The summed E-state index contributed by atoms with van der Waals surface area (Å²) in [6.07, 6.45) is 4.56. The first-order valence-electron chi connectivity index (χ1n) is 11.6. The largest absolute Gasteiger partial charge is 0.355 e. The number of piperidine rings is 1. The van der Waals surface area contributed by atoms with Gasteiger partial charge in [-0.3, -0.25) is 4.79 Å². The van der Waals surface area contributed by atoms with Gasteiger partial charge in [0, 0.05) is 37.5 Å². The fraction of sp³-hybridized carbons (Fsp3) is 0.440. The molecular formula is C25H26ClFN6O. The van der Waals surface area contributed by atoms with Crippen LogP contribution in [0.4, 0.5) is 10.2 Å². The van der Waals surface area contributed by atoms with E-state index in [1.54, 1.807) is 9.42 Å². The van der Waals surface area contributed by atoms with E-state index in [4.69, 9.17) is 21.7 Å². The SMILES string of the molecule is Cc1cn2nc([C@@H]3CCCCN3C(=O)c3cc(F)ccc3Cl)cc2nc1N1C[C@@H](C#N)[C@@H](C)C1. The molecule has 0 N–H and O–H groups in total. The molecule has 2 fully saturated rings. The molecule has 3 atom stereocenters. The number of carbonyl (C=O) groups is 1. The van der Waals surface area contributed by atoms with Crippen LogP contribution in [0.3, 0.4) is 0 Å². The Labute approximate surface area is 202 Å². The molecular weight excluding hydrogens is 455 g/mol. The van der Waals surface area contributed by atoms with Gasteiger partial charge < -0.3 is 9.80 Å². The first kappa shape index (κ1) is 22.6. The zero-order valence-electron chi connectivity index (χ0n) is 19.2. The summed E-state index contributed by atoms with van der Waals surface area (Å²) in [6.45, 7) is 6.11. The molecule has 34 heavy (non-hydrogen) atoms. The van der Waals surface area contributed by atoms with Crippen molar-refractivity contribution < 1.29 is 9.18 Å². The molecule has 0 unspecified atom stereocenters. The highest BCUT2D eigenvalue weighted by atomic mass is 35.5. The van der Waals surface area contributed by atoms with Crippen molar-refractivity contribution in [3.8, 4) is 6.07 Å². The summed E-state index contributed by atoms with van der Waals surface area (Å²) in [7, 11) is 0. The van der Waals surface area contributed by atoms with Crippen molar-refractivity contribution in [2.45, 2.75) is 39.2 Å². The number of amides is 1. The number of benzene rings is 1. The average molecular weight is 481 g/mol. The van der Waals surface area contributed by atoms with Crippen molar-refractivity contribution in [3.05, 3.63) is 58.1 Å². The lowest BCUT2D eigenvalue weighted by molar-refractivity contribution is 0.0605. The quantitative estimate of drug-likeness (QED) is 0.538. The topological polar surface area (TPSA) is 77.5 Å². The minimum atomic E-state index is -0.490. The van der Waals surface area contributed by atoms with Gasteiger partial charge in [0.2, 0.25) is 0 Å². The van der Waals surface area contributed by atoms with Crippen LogP contribution in [0.1, 0.15) is 53.8 Å². The number of carbonyl (C=O) groups excluding carboxylic acids is 1. The Kier molecular flexibility index (Phi) is 5.90. The van der Waals surface area contributed by atoms with Crippen LogP contribution >= 0.6 is 11.6 Å². The van der Waals surface area contributed by atoms with Crippen molar-refractivity contribution in [2.24, 2.45) is 11.8 Å². The fourth-order valence-electron chi connectivity index (χ4n) is 5.11. The van der Waals surface area contributed by atoms with Gasteiger partial charge in [-0.1, -0.05) is 18.5 Å². The number of hydrogen-bond acceptors (Lipinski definition) is 5. The molecule has 1 amide bonds. The highest BCUT2D eigenvalue weighted by molar-refractivity contribution is 6.33. The molecule has 2 aliphatic rings. The standard InChI is InChI=1S/C25H26ClFN6O/c1-15-12-31(14-17(15)11-28)24-16(2)13-33-23(29-24)10-21(30-33)22-5-3-4-8-32(22)25(34)19-9-18(27)6-7-20(19)26/h6-7,9-10,13,15,17,22H,3-5,8,12,14H2,1-2H3/t15-,17+,22-/m0/s1. The van der Waals surface area contributed by atoms with Crippen molar-refractivity contribution in [1.29, 1.82) is 5.26 Å². The fourth-order valence-corrected chi connectivity index (χ4v) is 5.31. The molecule has 0 spiro atoms. The number of rotatable bonds is 3. The van der Waals surface area contributed by atoms with Gasteiger partial charge in [0.15, 0.2) is 5.65 Å². The lowest BCUT2D eigenvalue weighted by Crippen LogP contribution is -2.38. The van der Waals surface area contributed by atoms with Crippen molar-refractivity contribution in [3.63, 3.8) is 0 Å². The van der Waals surface area contributed by atoms with Crippen molar-refractivity contribution in [1.82, 2.24) is 19.5 Å². The highest BCUT2D eigenvalue weighted by Gasteiger charge is 2.33. The molecule has 2 aliphatic heterocycles. The van der Waals surface area contributed by atoms with Crippen LogP contribution in [0.25, 0.3) is 5.65 Å². The zero-order valence-corrected chi connectivity index (χ0v) is 20.0. The molecule has 0 aliphatic carbocycles. The average Bonchev–Trinajstić information content (AvgIpc) is 3.42. The van der Waals surface area contributed by atoms with E-state index in [9.17, 15) is 14.4 Å². The third kappa shape index (κ3) is 3.98. The number of aryl methyl sites for hydroxylation is 1. The molecule has 2 aromatic heterocycles. The van der Waals surface area contributed by atoms with E-state index in [0.717, 1.165) is 42.9 Å². The van der Waals surface area contributed by atoms with Crippen LogP contribution in [0.2, 0.25) is 5.02 Å². The summed E-state index contributed by atoms with van der Waals surface area (Å²) in [5.74, 6) is 0.376. The third-order valence-corrected chi connectivity index (χ3v) is 7.30. The maximum Gasteiger partial charge on any atom is 0.256 e. The number of nitriles is 1. The van der Waals surface area contributed by atoms with E-state index < -0.39 is 5.82 Å². The van der Waals surface area contributed by atoms with Crippen LogP contribution in [0.15, 0.2) is 30.5 Å². The second-order valence-corrected chi connectivity index (χ2v) is 9.78. The lowest BCUT2D eigenvalue weighted by atomic mass is 9.98. The molecule has 4 heterocycles. The number of halogens is 2. The van der Waals surface area contributed by atoms with Gasteiger partial charge in [-0.05, 0) is 50.3 Å². The van der Waals surface area contributed by atoms with E-state index >= 15 is 0 Å². The Morgan fingerprint density at radius 2 is 2.09 bits per heavy atom. The van der Waals surface area contributed by atoms with Crippen molar-refractivity contribution in [2.75, 3.05) is 24.5 Å². The first-order chi connectivity index (χ1) is 16.4. The Balaban J connectivity index is 1.47. The summed E-state index contributed by atoms with van der Waals surface area (Å²) < 4.78 is 15.6. The second kappa shape index (κ2) is 8.88. The van der Waals surface area contributed by atoms with Crippen LogP contribution in [0, 0.1) is 35.9 Å². The van der Waals surface area contributed by atoms with Gasteiger partial charge in [-0.2, -0.15) is 10.4 Å². The Hall–Kier alpha value is -3.18. The van der Waals surface area contributed by atoms with E-state index in [-0.39, 0.29) is 28.5 Å². The normalized spacial score (nSPS) is 22.9. The minimum Gasteiger partial charge on any atom is -0.355 e. The van der Waals surface area contributed by atoms with E-state index in [1.165, 1.54) is 18.2 Å². The molecule has 176 valence electrons. The molecule has 2 saturated heterocycles. The van der Waals surface area contributed by atoms with E-state index in [1.807, 2.05) is 19.2 Å². The summed E-state index contributed by atoms with van der Waals surface area (Å²) in [4.78, 5) is 22.1. The van der Waals surface area contributed by atoms with Crippen LogP contribution in [-0.4, -0.2) is 45.0 Å². The number of aromatic nitrogens is 3. The number of likely N-dealkylation sites (tertiary alicyclic amines) is 1. The van der Waals surface area contributed by atoms with Gasteiger partial charge >= 0.3 is 0 Å². The molecule has 7 nitrogen and oxygen atoms in total. The monoisotopic (exact) mass is 480 g/mol. The lowest BCUT2D eigenvalue weighted by Gasteiger charge is -2.35. The van der Waals surface area contributed by atoms with Gasteiger partial charge in [-0.15, -0.1) is 0 Å². The van der Waals surface area contributed by atoms with Crippen LogP contribution in [0.5, 0.6) is 0 Å². The van der Waals surface area contributed by atoms with Gasteiger partial charge in [0.05, 0.1) is 34.3 Å². The molecule has 0 saturated carbocycles. The second-order valence-electron chi connectivity index (χ2n) is 9.37. The third-order valence-electron chi connectivity index (χ3n) is 6.97. The van der Waals surface area contributed by atoms with Gasteiger partial charge in [0.25, 0.3) is 5.91 Å². The molecule has 0 radical (unpaired) electrons. The zero-order chi connectivity index (χ0) is 24.0. The predicted molar refractivity (Wildman–Crippen MR) is 127 cm³/mol. The Morgan fingerprint density at radius 3 is 2.85 bits per heavy atom. The van der Waals surface area contributed by atoms with E-state index in [0.29, 0.717) is 24.7 Å². The molecule has 0 bridgehead atoms. The maximum absolute atomic E-state index is 13.8. The van der Waals surface area contributed by atoms with Gasteiger partial charge in [0.1, 0.15) is 11.6 Å². The summed E-state index contributed by atoms with van der Waals surface area (Å²) >= 11 is 6.23. The van der Waals surface area contributed by atoms with Crippen LogP contribution < -0.4 is 4.90 Å². The predicted octanol–water partition coefficient (Wildman–Crippen LogP) is 4.79. The Morgan fingerprint density at radius 1 is 1.26 bits per heavy atom. The molecule has 1 aromatic carbocycles. The van der Waals surface area contributed by atoms with Crippen LogP contribution in [-0.2, 0) is 0 Å². The number of fused-ring (bicyclic) bond motifs is 1.